The molecule has 0 unspecified atom stereocenters. The minimum Gasteiger partial charge on any atom is -0.323 e. The number of aromatic nitrogens is 2. The molecular weight excluding hydrogens is 368 g/mol. The zero-order valence-electron chi connectivity index (χ0n) is 15.6. The highest BCUT2D eigenvalue weighted by Crippen LogP contribution is 2.20. The summed E-state index contributed by atoms with van der Waals surface area (Å²) in [6.45, 7) is 3.91. The van der Waals surface area contributed by atoms with Gasteiger partial charge in [-0.3, -0.25) is 19.2 Å². The molecule has 9 heteroatoms. The number of aryl methyl sites for hydroxylation is 1. The summed E-state index contributed by atoms with van der Waals surface area (Å²) in [6.07, 6.45) is 4.64. The van der Waals surface area contributed by atoms with Gasteiger partial charge in [0.15, 0.2) is 0 Å². The molecule has 150 valence electrons. The first-order valence-corrected chi connectivity index (χ1v) is 9.25. The highest BCUT2D eigenvalue weighted by molar-refractivity contribution is 5.93. The van der Waals surface area contributed by atoms with Gasteiger partial charge in [0.1, 0.15) is 11.6 Å². The fourth-order valence-corrected chi connectivity index (χ4v) is 3.18. The van der Waals surface area contributed by atoms with Crippen LogP contribution < -0.4 is 10.6 Å². The minimum atomic E-state index is -0.684. The molecule has 2 aromatic rings. The van der Waals surface area contributed by atoms with Gasteiger partial charge in [0.2, 0.25) is 11.8 Å². The third-order valence-electron chi connectivity index (χ3n) is 4.75. The maximum absolute atomic E-state index is 13.6. The van der Waals surface area contributed by atoms with Gasteiger partial charge in [0, 0.05) is 24.7 Å². The van der Waals surface area contributed by atoms with E-state index in [0.717, 1.165) is 24.7 Å². The molecule has 3 rings (SSSR count). The van der Waals surface area contributed by atoms with E-state index in [0.29, 0.717) is 31.6 Å². The van der Waals surface area contributed by atoms with Crippen LogP contribution in [0, 0.1) is 17.6 Å². The SMILES string of the molecule is CCn1cc(NC(=O)C2CCN(CC(=O)Nc3cc(F)ccc3F)CC2)cn1. The van der Waals surface area contributed by atoms with Gasteiger partial charge in [-0.2, -0.15) is 5.10 Å². The number of carbonyl (C=O) groups excluding carboxylic acids is 2. The van der Waals surface area contributed by atoms with Crippen LogP contribution in [0.4, 0.5) is 20.2 Å². The van der Waals surface area contributed by atoms with Crippen LogP contribution in [0.3, 0.4) is 0 Å². The molecule has 0 aliphatic carbocycles. The second-order valence-corrected chi connectivity index (χ2v) is 6.80. The van der Waals surface area contributed by atoms with Crippen LogP contribution in [0.1, 0.15) is 19.8 Å². The number of likely N-dealkylation sites (tertiary alicyclic amines) is 1. The quantitative estimate of drug-likeness (QED) is 0.793. The Hall–Kier alpha value is -2.81. The van der Waals surface area contributed by atoms with Crippen LogP contribution in [0.25, 0.3) is 0 Å². The highest BCUT2D eigenvalue weighted by atomic mass is 19.1. The zero-order valence-corrected chi connectivity index (χ0v) is 15.6. The van der Waals surface area contributed by atoms with Gasteiger partial charge in [-0.25, -0.2) is 8.78 Å². The highest BCUT2D eigenvalue weighted by Gasteiger charge is 2.26. The van der Waals surface area contributed by atoms with Gasteiger partial charge in [0.05, 0.1) is 24.1 Å². The number of amides is 2. The fraction of sp³-hybridized carbons (Fsp3) is 0.421. The topological polar surface area (TPSA) is 79.3 Å². The number of halogens is 2. The molecule has 2 heterocycles. The van der Waals surface area contributed by atoms with E-state index in [4.69, 9.17) is 0 Å². The monoisotopic (exact) mass is 391 g/mol. The van der Waals surface area contributed by atoms with Crippen molar-refractivity contribution < 1.29 is 18.4 Å². The number of rotatable bonds is 6. The molecule has 0 spiro atoms. The molecule has 1 saturated heterocycles. The van der Waals surface area contributed by atoms with Crippen LogP contribution in [-0.4, -0.2) is 46.1 Å². The molecule has 0 radical (unpaired) electrons. The first-order chi connectivity index (χ1) is 13.4. The average Bonchev–Trinajstić information content (AvgIpc) is 3.13. The number of nitrogens with zero attached hydrogens (tertiary/aromatic N) is 3. The van der Waals surface area contributed by atoms with E-state index in [-0.39, 0.29) is 24.1 Å². The van der Waals surface area contributed by atoms with Crippen LogP contribution in [-0.2, 0) is 16.1 Å². The van der Waals surface area contributed by atoms with Crippen LogP contribution in [0.5, 0.6) is 0 Å². The Kier molecular flexibility index (Phi) is 6.35. The van der Waals surface area contributed by atoms with E-state index in [1.165, 1.54) is 0 Å². The van der Waals surface area contributed by atoms with E-state index in [1.807, 2.05) is 11.8 Å². The minimum absolute atomic E-state index is 0.0541. The summed E-state index contributed by atoms with van der Waals surface area (Å²) in [6, 6.07) is 2.91. The molecule has 1 aliphatic rings. The van der Waals surface area contributed by atoms with Crippen molar-refractivity contribution in [1.82, 2.24) is 14.7 Å². The average molecular weight is 391 g/mol. The number of piperidine rings is 1. The van der Waals surface area contributed by atoms with Gasteiger partial charge < -0.3 is 10.6 Å². The van der Waals surface area contributed by atoms with E-state index in [1.54, 1.807) is 17.1 Å². The first-order valence-electron chi connectivity index (χ1n) is 9.25. The second kappa shape index (κ2) is 8.92. The third-order valence-corrected chi connectivity index (χ3v) is 4.75. The van der Waals surface area contributed by atoms with Crippen molar-refractivity contribution in [1.29, 1.82) is 0 Å². The van der Waals surface area contributed by atoms with E-state index < -0.39 is 17.5 Å². The predicted octanol–water partition coefficient (Wildman–Crippen LogP) is 2.47. The zero-order chi connectivity index (χ0) is 20.1. The lowest BCUT2D eigenvalue weighted by atomic mass is 9.96. The fourth-order valence-electron chi connectivity index (χ4n) is 3.18. The molecule has 0 saturated carbocycles. The number of nitrogens with one attached hydrogen (secondary N) is 2. The molecule has 2 amide bonds. The van der Waals surface area contributed by atoms with Crippen molar-refractivity contribution in [3.8, 4) is 0 Å². The molecule has 28 heavy (non-hydrogen) atoms. The molecule has 1 fully saturated rings. The third kappa shape index (κ3) is 5.13. The van der Waals surface area contributed by atoms with Gasteiger partial charge in [-0.1, -0.05) is 0 Å². The number of hydrogen-bond donors (Lipinski definition) is 2. The smallest absolute Gasteiger partial charge is 0.238 e. The van der Waals surface area contributed by atoms with Crippen molar-refractivity contribution in [2.24, 2.45) is 5.92 Å². The summed E-state index contributed by atoms with van der Waals surface area (Å²) < 4.78 is 28.5. The predicted molar refractivity (Wildman–Crippen MR) is 101 cm³/mol. The molecule has 0 atom stereocenters. The largest absolute Gasteiger partial charge is 0.323 e. The van der Waals surface area contributed by atoms with Crippen LogP contribution in [0.2, 0.25) is 0 Å². The maximum Gasteiger partial charge on any atom is 0.238 e. The van der Waals surface area contributed by atoms with Gasteiger partial charge in [0.25, 0.3) is 0 Å². The molecule has 7 nitrogen and oxygen atoms in total. The molecule has 1 aromatic heterocycles. The maximum atomic E-state index is 13.6. The van der Waals surface area contributed by atoms with Crippen molar-refractivity contribution in [2.75, 3.05) is 30.3 Å². The molecule has 1 aliphatic heterocycles. The first kappa shape index (κ1) is 19.9. The lowest BCUT2D eigenvalue weighted by molar-refractivity contribution is -0.121. The Morgan fingerprint density at radius 3 is 2.64 bits per heavy atom. The Balaban J connectivity index is 1.45. The standard InChI is InChI=1S/C19H23F2N5O2/c1-2-26-11-15(10-22-26)23-19(28)13-5-7-25(8-6-13)12-18(27)24-17-9-14(20)3-4-16(17)21/h3-4,9-11,13H,2,5-8,12H2,1H3,(H,23,28)(H,24,27). The summed E-state index contributed by atoms with van der Waals surface area (Å²) in [7, 11) is 0. The van der Waals surface area contributed by atoms with Crippen molar-refractivity contribution in [2.45, 2.75) is 26.3 Å². The molecule has 1 aromatic carbocycles. The van der Waals surface area contributed by atoms with Crippen molar-refractivity contribution >= 4 is 23.2 Å². The number of benzene rings is 1. The second-order valence-electron chi connectivity index (χ2n) is 6.80. The Morgan fingerprint density at radius 1 is 1.21 bits per heavy atom. The molecular formula is C19H23F2N5O2. The normalized spacial score (nSPS) is 15.4. The summed E-state index contributed by atoms with van der Waals surface area (Å²) in [4.78, 5) is 26.4. The lowest BCUT2D eigenvalue weighted by Crippen LogP contribution is -2.41. The van der Waals surface area contributed by atoms with Crippen molar-refractivity contribution in [3.05, 3.63) is 42.2 Å². The van der Waals surface area contributed by atoms with Gasteiger partial charge in [-0.15, -0.1) is 0 Å². The summed E-state index contributed by atoms with van der Waals surface area (Å²) in [5.41, 5.74) is 0.498. The Bertz CT molecular complexity index is 847. The Morgan fingerprint density at radius 2 is 1.96 bits per heavy atom. The van der Waals surface area contributed by atoms with E-state index in [9.17, 15) is 18.4 Å². The number of carbonyl (C=O) groups is 2. The van der Waals surface area contributed by atoms with E-state index >= 15 is 0 Å². The lowest BCUT2D eigenvalue weighted by Gasteiger charge is -2.30. The summed E-state index contributed by atoms with van der Waals surface area (Å²) in [5, 5.41) is 9.38. The number of anilines is 2. The van der Waals surface area contributed by atoms with E-state index in [2.05, 4.69) is 15.7 Å². The van der Waals surface area contributed by atoms with Crippen LogP contribution >= 0.6 is 0 Å². The Labute approximate surface area is 161 Å². The summed E-state index contributed by atoms with van der Waals surface area (Å²) >= 11 is 0. The summed E-state index contributed by atoms with van der Waals surface area (Å²) in [5.74, 6) is -1.91. The number of hydrogen-bond acceptors (Lipinski definition) is 4. The molecule has 0 bridgehead atoms. The van der Waals surface area contributed by atoms with Crippen LogP contribution in [0.15, 0.2) is 30.6 Å². The van der Waals surface area contributed by atoms with Gasteiger partial charge >= 0.3 is 0 Å². The van der Waals surface area contributed by atoms with Gasteiger partial charge in [-0.05, 0) is 45.0 Å². The van der Waals surface area contributed by atoms with Crippen molar-refractivity contribution in [3.63, 3.8) is 0 Å². The molecule has 2 N–H and O–H groups in total.